The largest absolute Gasteiger partial charge is 0.390 e. The molecule has 0 aromatic heterocycles. The second kappa shape index (κ2) is 9.98. The summed E-state index contributed by atoms with van der Waals surface area (Å²) in [5.74, 6) is -0.576. The Morgan fingerprint density at radius 1 is 1.09 bits per heavy atom. The molecular formula is C27H38F2N2O. The Balaban J connectivity index is 1.74. The molecule has 1 fully saturated rings. The van der Waals surface area contributed by atoms with Gasteiger partial charge in [0.1, 0.15) is 11.6 Å². The van der Waals surface area contributed by atoms with Gasteiger partial charge in [-0.25, -0.2) is 8.78 Å². The number of hydrogen-bond acceptors (Lipinski definition) is 3. The lowest BCUT2D eigenvalue weighted by molar-refractivity contribution is 0.111. The monoisotopic (exact) mass is 444 g/mol. The van der Waals surface area contributed by atoms with Crippen molar-refractivity contribution in [2.24, 2.45) is 11.7 Å². The average molecular weight is 445 g/mol. The number of nitrogens with two attached hydrogens (primary N) is 1. The number of rotatable bonds is 7. The van der Waals surface area contributed by atoms with Crippen LogP contribution in [0.3, 0.4) is 0 Å². The van der Waals surface area contributed by atoms with Crippen LogP contribution in [0.15, 0.2) is 42.5 Å². The third kappa shape index (κ3) is 6.15. The molecule has 0 heterocycles. The molecule has 0 aliphatic heterocycles. The van der Waals surface area contributed by atoms with Gasteiger partial charge in [-0.15, -0.1) is 0 Å². The van der Waals surface area contributed by atoms with Gasteiger partial charge in [0.15, 0.2) is 0 Å². The van der Waals surface area contributed by atoms with E-state index in [1.165, 1.54) is 23.3 Å². The molecule has 5 heteroatoms. The number of hydrogen-bond donors (Lipinski definition) is 3. The fraction of sp³-hybridized carbons (Fsp3) is 0.556. The van der Waals surface area contributed by atoms with E-state index in [0.29, 0.717) is 18.0 Å². The predicted octanol–water partition coefficient (Wildman–Crippen LogP) is 5.19. The average Bonchev–Trinajstić information content (AvgIpc) is 2.72. The SMILES string of the molecule is CC1CCC(NC[C@@H](O)[C@@H](N)Cc2cc(F)cc(F)c2)(c2cccc(C(C)(C)C)c2)CC1. The molecule has 0 amide bonds. The Hall–Kier alpha value is -1.82. The summed E-state index contributed by atoms with van der Waals surface area (Å²) in [6, 6.07) is 11.5. The van der Waals surface area contributed by atoms with Crippen LogP contribution >= 0.6 is 0 Å². The van der Waals surface area contributed by atoms with Gasteiger partial charge in [0.25, 0.3) is 0 Å². The summed E-state index contributed by atoms with van der Waals surface area (Å²) in [5.41, 5.74) is 9.06. The smallest absolute Gasteiger partial charge is 0.126 e. The van der Waals surface area contributed by atoms with Crippen LogP contribution < -0.4 is 11.1 Å². The summed E-state index contributed by atoms with van der Waals surface area (Å²) in [5, 5.41) is 14.4. The molecule has 1 aliphatic rings. The standard InChI is InChI=1S/C27H38F2N2O/c1-18-8-10-27(11-9-18,21-7-5-6-20(15-21)26(2,3)4)31-17-25(32)24(30)14-19-12-22(28)16-23(29)13-19/h5-7,12-13,15-16,18,24-25,31-32H,8-11,14,17,30H2,1-4H3/t18?,24-,25+,27?/m0/s1. The molecule has 3 rings (SSSR count). The van der Waals surface area contributed by atoms with Gasteiger partial charge in [-0.2, -0.15) is 0 Å². The minimum atomic E-state index is -0.830. The Bertz CT molecular complexity index is 881. The third-order valence-electron chi connectivity index (χ3n) is 6.95. The molecule has 2 aromatic carbocycles. The first kappa shape index (κ1) is 24.8. The molecule has 0 radical (unpaired) electrons. The van der Waals surface area contributed by atoms with Crippen molar-refractivity contribution in [1.82, 2.24) is 5.32 Å². The van der Waals surface area contributed by atoms with Gasteiger partial charge in [0, 0.05) is 24.2 Å². The molecule has 32 heavy (non-hydrogen) atoms. The Morgan fingerprint density at radius 3 is 2.31 bits per heavy atom. The summed E-state index contributed by atoms with van der Waals surface area (Å²) >= 11 is 0. The van der Waals surface area contributed by atoms with Gasteiger partial charge >= 0.3 is 0 Å². The lowest BCUT2D eigenvalue weighted by Gasteiger charge is -2.42. The second-order valence-electron chi connectivity index (χ2n) is 10.7. The molecule has 0 unspecified atom stereocenters. The van der Waals surface area contributed by atoms with E-state index in [9.17, 15) is 13.9 Å². The van der Waals surface area contributed by atoms with Gasteiger partial charge in [-0.1, -0.05) is 52.0 Å². The van der Waals surface area contributed by atoms with Crippen LogP contribution in [0.5, 0.6) is 0 Å². The van der Waals surface area contributed by atoms with Crippen molar-refractivity contribution < 1.29 is 13.9 Å². The van der Waals surface area contributed by atoms with Crippen molar-refractivity contribution in [1.29, 1.82) is 0 Å². The van der Waals surface area contributed by atoms with E-state index < -0.39 is 23.8 Å². The summed E-state index contributed by atoms with van der Waals surface area (Å²) in [6.45, 7) is 9.26. The Kier molecular flexibility index (Phi) is 7.74. The number of nitrogens with one attached hydrogen (secondary N) is 1. The maximum absolute atomic E-state index is 13.5. The van der Waals surface area contributed by atoms with E-state index in [2.05, 4.69) is 57.3 Å². The van der Waals surface area contributed by atoms with E-state index >= 15 is 0 Å². The van der Waals surface area contributed by atoms with Gasteiger partial charge in [0.05, 0.1) is 6.10 Å². The highest BCUT2D eigenvalue weighted by Gasteiger charge is 2.36. The first-order valence-electron chi connectivity index (χ1n) is 11.7. The maximum Gasteiger partial charge on any atom is 0.126 e. The summed E-state index contributed by atoms with van der Waals surface area (Å²) < 4.78 is 27.0. The highest BCUT2D eigenvalue weighted by molar-refractivity contribution is 5.34. The summed E-state index contributed by atoms with van der Waals surface area (Å²) in [4.78, 5) is 0. The lowest BCUT2D eigenvalue weighted by Crippen LogP contribution is -2.51. The zero-order valence-corrected chi connectivity index (χ0v) is 19.8. The van der Waals surface area contributed by atoms with Crippen LogP contribution in [0, 0.1) is 17.6 Å². The van der Waals surface area contributed by atoms with Gasteiger partial charge < -0.3 is 16.2 Å². The highest BCUT2D eigenvalue weighted by Crippen LogP contribution is 2.40. The number of halogens is 2. The minimum absolute atomic E-state index is 0.0568. The molecule has 4 N–H and O–H groups in total. The molecule has 0 bridgehead atoms. The molecule has 176 valence electrons. The topological polar surface area (TPSA) is 58.3 Å². The molecule has 3 nitrogen and oxygen atoms in total. The fourth-order valence-electron chi connectivity index (χ4n) is 4.69. The highest BCUT2D eigenvalue weighted by atomic mass is 19.1. The second-order valence-corrected chi connectivity index (χ2v) is 10.7. The van der Waals surface area contributed by atoms with Crippen LogP contribution in [0.1, 0.15) is 70.1 Å². The van der Waals surface area contributed by atoms with E-state index in [-0.39, 0.29) is 17.4 Å². The molecule has 0 saturated heterocycles. The Morgan fingerprint density at radius 2 is 1.72 bits per heavy atom. The number of aliphatic hydroxyl groups excluding tert-OH is 1. The van der Waals surface area contributed by atoms with Crippen molar-refractivity contribution >= 4 is 0 Å². The molecule has 2 atom stereocenters. The van der Waals surface area contributed by atoms with Crippen LogP contribution in [-0.4, -0.2) is 23.8 Å². The summed E-state index contributed by atoms with van der Waals surface area (Å²) in [7, 11) is 0. The molecule has 2 aromatic rings. The molecular weight excluding hydrogens is 406 g/mol. The van der Waals surface area contributed by atoms with Crippen molar-refractivity contribution in [3.63, 3.8) is 0 Å². The van der Waals surface area contributed by atoms with Gasteiger partial charge in [-0.05, 0) is 72.3 Å². The normalized spacial score (nSPS) is 23.7. The van der Waals surface area contributed by atoms with Crippen molar-refractivity contribution in [3.8, 4) is 0 Å². The first-order valence-corrected chi connectivity index (χ1v) is 11.7. The van der Waals surface area contributed by atoms with Crippen LogP contribution in [-0.2, 0) is 17.4 Å². The first-order chi connectivity index (χ1) is 15.0. The van der Waals surface area contributed by atoms with E-state index in [4.69, 9.17) is 5.73 Å². The van der Waals surface area contributed by atoms with Crippen LogP contribution in [0.2, 0.25) is 0 Å². The maximum atomic E-state index is 13.5. The van der Waals surface area contributed by atoms with E-state index in [1.54, 1.807) is 0 Å². The van der Waals surface area contributed by atoms with Crippen molar-refractivity contribution in [2.75, 3.05) is 6.54 Å². The molecule has 0 spiro atoms. The molecule has 1 saturated carbocycles. The number of aliphatic hydroxyl groups is 1. The zero-order valence-electron chi connectivity index (χ0n) is 19.8. The van der Waals surface area contributed by atoms with Crippen LogP contribution in [0.25, 0.3) is 0 Å². The Labute approximate surface area is 191 Å². The van der Waals surface area contributed by atoms with E-state index in [1.807, 2.05) is 0 Å². The minimum Gasteiger partial charge on any atom is -0.390 e. The molecule has 1 aliphatic carbocycles. The van der Waals surface area contributed by atoms with Gasteiger partial charge in [-0.3, -0.25) is 0 Å². The predicted molar refractivity (Wildman–Crippen MR) is 126 cm³/mol. The van der Waals surface area contributed by atoms with E-state index in [0.717, 1.165) is 31.7 Å². The van der Waals surface area contributed by atoms with Crippen LogP contribution in [0.4, 0.5) is 8.78 Å². The third-order valence-corrected chi connectivity index (χ3v) is 6.95. The zero-order chi connectivity index (χ0) is 23.5. The summed E-state index contributed by atoms with van der Waals surface area (Å²) in [6.07, 6.45) is 3.62. The number of benzene rings is 2. The fourth-order valence-corrected chi connectivity index (χ4v) is 4.69. The quantitative estimate of drug-likeness (QED) is 0.551. The van der Waals surface area contributed by atoms with Crippen molar-refractivity contribution in [3.05, 3.63) is 70.8 Å². The lowest BCUT2D eigenvalue weighted by atomic mass is 9.72. The van der Waals surface area contributed by atoms with Gasteiger partial charge in [0.2, 0.25) is 0 Å². The van der Waals surface area contributed by atoms with Crippen molar-refractivity contribution in [2.45, 2.75) is 82.9 Å².